The number of ether oxygens (including phenoxy) is 1. The average molecular weight is 288 g/mol. The first kappa shape index (κ1) is 7.78. The van der Waals surface area contributed by atoms with E-state index >= 15 is 0 Å². The molecular formula is C15H14N4O2. The Kier molecular flexibility index (Phi) is 1.94. The molecular weight excluding hydrogens is 268 g/mol. The maximum Gasteiger partial charge on any atom is 0.272 e. The smallest absolute Gasteiger partial charge is 0.272 e. The minimum absolute atomic E-state index is 0.0576. The highest BCUT2D eigenvalue weighted by molar-refractivity contribution is 6.05. The van der Waals surface area contributed by atoms with Gasteiger partial charge in [-0.25, -0.2) is 4.98 Å². The zero-order valence-corrected chi connectivity index (χ0v) is 10.7. The molecule has 0 radical (unpaired) electrons. The summed E-state index contributed by atoms with van der Waals surface area (Å²) in [4.78, 5) is 16.0. The van der Waals surface area contributed by atoms with Gasteiger partial charge in [0.05, 0.1) is 16.7 Å². The number of benzene rings is 1. The van der Waals surface area contributed by atoms with E-state index in [1.165, 1.54) is 6.20 Å². The fourth-order valence-electron chi connectivity index (χ4n) is 2.11. The van der Waals surface area contributed by atoms with Crippen molar-refractivity contribution in [2.24, 2.45) is 0 Å². The Balaban J connectivity index is 1.99. The van der Waals surface area contributed by atoms with E-state index in [1.807, 2.05) is 5.32 Å². The Morgan fingerprint density at radius 2 is 2.38 bits per heavy atom. The molecule has 106 valence electrons. The number of aromatic nitrogens is 3. The summed E-state index contributed by atoms with van der Waals surface area (Å²) in [6, 6.07) is 8.13. The minimum Gasteiger partial charge on any atom is -0.481 e. The molecule has 0 aliphatic carbocycles. The van der Waals surface area contributed by atoms with Gasteiger partial charge in [-0.3, -0.25) is 9.89 Å². The quantitative estimate of drug-likeness (QED) is 0.772. The number of H-pyrrole nitrogens is 1. The highest BCUT2D eigenvalue weighted by Gasteiger charge is 2.14. The normalized spacial score (nSPS) is 16.0. The van der Waals surface area contributed by atoms with Gasteiger partial charge >= 0.3 is 0 Å². The first-order valence-electron chi connectivity index (χ1n) is 8.98. The van der Waals surface area contributed by atoms with E-state index in [2.05, 4.69) is 15.2 Å². The Hall–Kier alpha value is -2.89. The number of amides is 1. The lowest BCUT2D eigenvalue weighted by Crippen LogP contribution is -2.18. The number of carbonyl (C=O) groups excluding carboxylic acids is 1. The average Bonchev–Trinajstić information content (AvgIpc) is 2.95. The van der Waals surface area contributed by atoms with Crippen LogP contribution in [0.2, 0.25) is 0 Å². The molecule has 6 heteroatoms. The van der Waals surface area contributed by atoms with Crippen molar-refractivity contribution in [1.82, 2.24) is 20.5 Å². The van der Waals surface area contributed by atoms with E-state index in [0.717, 1.165) is 0 Å². The molecule has 2 heterocycles. The van der Waals surface area contributed by atoms with Gasteiger partial charge in [0, 0.05) is 28.2 Å². The molecule has 0 saturated heterocycles. The second-order valence-electron chi connectivity index (χ2n) is 4.24. The third-order valence-electron chi connectivity index (χ3n) is 3.07. The van der Waals surface area contributed by atoms with E-state index in [9.17, 15) is 4.79 Å². The maximum atomic E-state index is 12.1. The molecule has 1 aromatic carbocycles. The molecule has 2 aromatic heterocycles. The largest absolute Gasteiger partial charge is 0.481 e. The number of aromatic amines is 1. The van der Waals surface area contributed by atoms with Crippen molar-refractivity contribution in [3.63, 3.8) is 0 Å². The van der Waals surface area contributed by atoms with E-state index in [1.54, 1.807) is 30.3 Å². The molecule has 0 bridgehead atoms. The van der Waals surface area contributed by atoms with Gasteiger partial charge in [-0.15, -0.1) is 0 Å². The highest BCUT2D eigenvalue weighted by atomic mass is 16.5. The van der Waals surface area contributed by atoms with Gasteiger partial charge in [0.1, 0.15) is 0 Å². The van der Waals surface area contributed by atoms with Crippen molar-refractivity contribution in [3.8, 4) is 17.0 Å². The summed E-state index contributed by atoms with van der Waals surface area (Å²) in [5.74, 6) is -0.890. The first-order valence-corrected chi connectivity index (χ1v) is 5.98. The lowest BCUT2D eigenvalue weighted by atomic mass is 10.0. The third-order valence-corrected chi connectivity index (χ3v) is 3.07. The number of nitrogens with one attached hydrogen (secondary N) is 2. The molecule has 21 heavy (non-hydrogen) atoms. The van der Waals surface area contributed by atoms with Crippen LogP contribution >= 0.6 is 0 Å². The standard InChI is InChI=1S/C15H14N4O2/c1-16-14(20)13-11-6-5-9(8-12(11)18-19-13)10-4-3-7-17-15(10)21-2/h3-8H,1-2H3,(H,16,20)(H,18,19)/i1D3,2D3. The summed E-state index contributed by atoms with van der Waals surface area (Å²) in [5, 5.41) is 8.84. The first-order chi connectivity index (χ1) is 12.5. The molecule has 0 atom stereocenters. The number of hydrogen-bond donors (Lipinski definition) is 2. The van der Waals surface area contributed by atoms with Gasteiger partial charge in [-0.1, -0.05) is 6.07 Å². The van der Waals surface area contributed by atoms with Gasteiger partial charge in [0.15, 0.2) is 5.69 Å². The van der Waals surface area contributed by atoms with Crippen LogP contribution in [0, 0.1) is 0 Å². The fraction of sp³-hybridized carbons (Fsp3) is 0.133. The Bertz CT molecular complexity index is 996. The molecule has 0 aliphatic rings. The van der Waals surface area contributed by atoms with E-state index in [0.29, 0.717) is 22.0 Å². The van der Waals surface area contributed by atoms with Crippen LogP contribution in [0.15, 0.2) is 36.5 Å². The van der Waals surface area contributed by atoms with E-state index < -0.39 is 19.9 Å². The molecule has 0 aliphatic heterocycles. The van der Waals surface area contributed by atoms with Crippen molar-refractivity contribution in [2.75, 3.05) is 14.0 Å². The van der Waals surface area contributed by atoms with Crippen LogP contribution in [0.5, 0.6) is 5.88 Å². The van der Waals surface area contributed by atoms with Crippen molar-refractivity contribution in [1.29, 1.82) is 0 Å². The number of rotatable bonds is 3. The number of methoxy groups -OCH3 is 1. The van der Waals surface area contributed by atoms with Crippen LogP contribution in [0.3, 0.4) is 0 Å². The predicted octanol–water partition coefficient (Wildman–Crippen LogP) is 1.99. The number of fused-ring (bicyclic) bond motifs is 1. The van der Waals surface area contributed by atoms with Gasteiger partial charge in [-0.05, 0) is 29.8 Å². The second kappa shape index (κ2) is 5.24. The van der Waals surface area contributed by atoms with Crippen LogP contribution in [0.4, 0.5) is 0 Å². The lowest BCUT2D eigenvalue weighted by Gasteiger charge is -2.07. The fourth-order valence-corrected chi connectivity index (χ4v) is 2.11. The monoisotopic (exact) mass is 288 g/mol. The number of hydrogen-bond acceptors (Lipinski definition) is 4. The number of nitrogens with zero attached hydrogens (tertiary/aromatic N) is 2. The van der Waals surface area contributed by atoms with Gasteiger partial charge in [0.2, 0.25) is 5.88 Å². The number of pyridine rings is 1. The maximum absolute atomic E-state index is 12.1. The summed E-state index contributed by atoms with van der Waals surface area (Å²) in [5.41, 5.74) is 1.43. The molecule has 0 saturated carbocycles. The third kappa shape index (κ3) is 2.20. The molecule has 1 amide bonds. The summed E-state index contributed by atoms with van der Waals surface area (Å²) >= 11 is 0. The molecule has 0 unspecified atom stereocenters. The molecule has 3 rings (SSSR count). The summed E-state index contributed by atoms with van der Waals surface area (Å²) in [6.07, 6.45) is 1.41. The zero-order chi connectivity index (χ0) is 19.8. The van der Waals surface area contributed by atoms with Gasteiger partial charge < -0.3 is 10.1 Å². The topological polar surface area (TPSA) is 79.9 Å². The molecule has 6 nitrogen and oxygen atoms in total. The Morgan fingerprint density at radius 3 is 3.24 bits per heavy atom. The van der Waals surface area contributed by atoms with Gasteiger partial charge in [-0.2, -0.15) is 5.10 Å². The van der Waals surface area contributed by atoms with Crippen molar-refractivity contribution in [3.05, 3.63) is 42.2 Å². The minimum atomic E-state index is -2.65. The predicted molar refractivity (Wildman–Crippen MR) is 79.3 cm³/mol. The molecule has 0 fully saturated rings. The van der Waals surface area contributed by atoms with Crippen LogP contribution in [0.1, 0.15) is 18.7 Å². The molecule has 3 aromatic rings. The zero-order valence-electron chi connectivity index (χ0n) is 16.7. The SMILES string of the molecule is [2H]C([2H])([2H])NC(=O)c1n[nH]c2cc(-c3cccnc3OC([2H])([2H])[2H])ccc12. The second-order valence-corrected chi connectivity index (χ2v) is 4.24. The van der Waals surface area contributed by atoms with Crippen molar-refractivity contribution in [2.45, 2.75) is 0 Å². The van der Waals surface area contributed by atoms with Crippen LogP contribution < -0.4 is 10.1 Å². The van der Waals surface area contributed by atoms with Crippen LogP contribution in [0.25, 0.3) is 22.0 Å². The van der Waals surface area contributed by atoms with E-state index in [-0.39, 0.29) is 11.6 Å². The van der Waals surface area contributed by atoms with Crippen LogP contribution in [-0.4, -0.2) is 35.1 Å². The van der Waals surface area contributed by atoms with Crippen molar-refractivity contribution < 1.29 is 17.8 Å². The number of carbonyl (C=O) groups is 1. The molecule has 0 spiro atoms. The van der Waals surface area contributed by atoms with Gasteiger partial charge in [0.25, 0.3) is 5.91 Å². The molecule has 2 N–H and O–H groups in total. The summed E-state index contributed by atoms with van der Waals surface area (Å²) in [6.45, 7) is -2.63. The van der Waals surface area contributed by atoms with Crippen LogP contribution in [-0.2, 0) is 0 Å². The summed E-state index contributed by atoms with van der Waals surface area (Å²) < 4.78 is 48.0. The van der Waals surface area contributed by atoms with Crippen molar-refractivity contribution >= 4 is 16.8 Å². The summed E-state index contributed by atoms with van der Waals surface area (Å²) in [7, 11) is -2.65. The lowest BCUT2D eigenvalue weighted by molar-refractivity contribution is 0.0959. The van der Waals surface area contributed by atoms with E-state index in [4.69, 9.17) is 13.0 Å². The highest BCUT2D eigenvalue weighted by Crippen LogP contribution is 2.30. The Morgan fingerprint density at radius 1 is 1.43 bits per heavy atom. The Labute approximate surface area is 129 Å².